The average Bonchev–Trinajstić information content (AvgIpc) is 3.39. The van der Waals surface area contributed by atoms with Crippen molar-refractivity contribution in [2.24, 2.45) is 5.92 Å². The van der Waals surface area contributed by atoms with Crippen molar-refractivity contribution in [3.8, 4) is 0 Å². The second-order valence-corrected chi connectivity index (χ2v) is 7.92. The maximum absolute atomic E-state index is 12.2. The van der Waals surface area contributed by atoms with Crippen LogP contribution in [-0.2, 0) is 9.59 Å². The molecule has 2 amide bonds. The predicted octanol–water partition coefficient (Wildman–Crippen LogP) is 0.655. The van der Waals surface area contributed by atoms with Crippen molar-refractivity contribution in [2.45, 2.75) is 38.6 Å². The molecule has 1 saturated carbocycles. The van der Waals surface area contributed by atoms with Gasteiger partial charge in [-0.05, 0) is 55.9 Å². The molecule has 2 fully saturated rings. The number of carbonyl (C=O) groups excluding carboxylic acids is 2. The first-order valence-electron chi connectivity index (χ1n) is 9.75. The molecule has 6 heteroatoms. The molecule has 2 aliphatic rings. The molecule has 1 aromatic carbocycles. The molecule has 0 bridgehead atoms. The molecule has 142 valence electrons. The predicted molar refractivity (Wildman–Crippen MR) is 103 cm³/mol. The lowest BCUT2D eigenvalue weighted by atomic mass is 9.99. The van der Waals surface area contributed by atoms with Crippen LogP contribution < -0.4 is 20.4 Å². The Bertz CT molecular complexity index is 619. The minimum absolute atomic E-state index is 0.0259. The number of piperidine rings is 1. The van der Waals surface area contributed by atoms with Gasteiger partial charge < -0.3 is 20.4 Å². The highest BCUT2D eigenvalue weighted by Gasteiger charge is 2.25. The monoisotopic (exact) mass is 359 g/mol. The van der Waals surface area contributed by atoms with E-state index < -0.39 is 0 Å². The first kappa shape index (κ1) is 18.7. The number of benzene rings is 1. The molecule has 1 aromatic rings. The fourth-order valence-electron chi connectivity index (χ4n) is 3.34. The first-order chi connectivity index (χ1) is 12.5. The molecule has 1 aliphatic carbocycles. The van der Waals surface area contributed by atoms with Crippen molar-refractivity contribution in [3.05, 3.63) is 24.3 Å². The molecular formula is C20H31N4O2+. The number of hydrogen-bond donors (Lipinski definition) is 3. The summed E-state index contributed by atoms with van der Waals surface area (Å²) in [5, 5.41) is 5.88. The summed E-state index contributed by atoms with van der Waals surface area (Å²) in [4.78, 5) is 27.3. The van der Waals surface area contributed by atoms with Crippen molar-refractivity contribution in [2.75, 3.05) is 43.4 Å². The number of likely N-dealkylation sites (N-methyl/N-ethyl adjacent to an activating group) is 1. The van der Waals surface area contributed by atoms with Gasteiger partial charge in [-0.3, -0.25) is 9.59 Å². The van der Waals surface area contributed by atoms with Gasteiger partial charge in [0.25, 0.3) is 11.8 Å². The van der Waals surface area contributed by atoms with E-state index in [1.54, 1.807) is 0 Å². The van der Waals surface area contributed by atoms with Gasteiger partial charge in [0.1, 0.15) is 0 Å². The van der Waals surface area contributed by atoms with E-state index in [1.807, 2.05) is 19.2 Å². The van der Waals surface area contributed by atoms with Crippen LogP contribution in [0.5, 0.6) is 0 Å². The quantitative estimate of drug-likeness (QED) is 0.670. The Balaban J connectivity index is 1.42. The highest BCUT2D eigenvalue weighted by molar-refractivity contribution is 5.91. The summed E-state index contributed by atoms with van der Waals surface area (Å²) < 4.78 is 0. The van der Waals surface area contributed by atoms with Crippen LogP contribution in [0.25, 0.3) is 0 Å². The van der Waals surface area contributed by atoms with Crippen LogP contribution in [-0.4, -0.2) is 51.1 Å². The number of rotatable bonds is 7. The molecule has 1 unspecified atom stereocenters. The third-order valence-electron chi connectivity index (χ3n) is 5.17. The minimum atomic E-state index is -0.0683. The molecule has 3 N–H and O–H groups in total. The van der Waals surface area contributed by atoms with Crippen LogP contribution in [0.3, 0.4) is 0 Å². The summed E-state index contributed by atoms with van der Waals surface area (Å²) in [7, 11) is 1.87. The number of quaternary nitrogens is 1. The zero-order valence-corrected chi connectivity index (χ0v) is 15.9. The third-order valence-corrected chi connectivity index (χ3v) is 5.17. The van der Waals surface area contributed by atoms with E-state index in [0.717, 1.165) is 42.4 Å². The molecule has 6 nitrogen and oxygen atoms in total. The van der Waals surface area contributed by atoms with E-state index in [1.165, 1.54) is 18.5 Å². The highest BCUT2D eigenvalue weighted by atomic mass is 16.2. The molecule has 1 aliphatic heterocycles. The van der Waals surface area contributed by atoms with Crippen LogP contribution >= 0.6 is 0 Å². The summed E-state index contributed by atoms with van der Waals surface area (Å²) in [6, 6.07) is 8.43. The van der Waals surface area contributed by atoms with Gasteiger partial charge >= 0.3 is 0 Å². The van der Waals surface area contributed by atoms with Crippen LogP contribution in [0.15, 0.2) is 24.3 Å². The molecule has 1 saturated heterocycles. The van der Waals surface area contributed by atoms with E-state index in [2.05, 4.69) is 34.6 Å². The largest absolute Gasteiger partial charge is 0.372 e. The second kappa shape index (κ2) is 8.54. The van der Waals surface area contributed by atoms with Crippen molar-refractivity contribution in [1.82, 2.24) is 5.32 Å². The van der Waals surface area contributed by atoms with Crippen LogP contribution in [0, 0.1) is 5.92 Å². The Hall–Kier alpha value is -2.08. The van der Waals surface area contributed by atoms with Crippen molar-refractivity contribution < 1.29 is 14.5 Å². The number of nitrogens with one attached hydrogen (secondary N) is 3. The number of nitrogens with zero attached hydrogens (tertiary/aromatic N) is 1. The van der Waals surface area contributed by atoms with Gasteiger partial charge in [-0.15, -0.1) is 0 Å². The number of carbonyl (C=O) groups is 2. The molecular weight excluding hydrogens is 328 g/mol. The SMILES string of the molecule is CC1CCN(c2ccc(NC(=O)C[NH+](C)CC(=O)NC3CC3)cc2)CC1. The Morgan fingerprint density at radius 3 is 2.27 bits per heavy atom. The topological polar surface area (TPSA) is 65.9 Å². The zero-order chi connectivity index (χ0) is 18.5. The molecule has 1 atom stereocenters. The van der Waals surface area contributed by atoms with Gasteiger partial charge in [-0.25, -0.2) is 0 Å². The maximum atomic E-state index is 12.2. The highest BCUT2D eigenvalue weighted by Crippen LogP contribution is 2.24. The normalized spacial score (nSPS) is 19.1. The Labute approximate surface area is 155 Å². The number of amides is 2. The van der Waals surface area contributed by atoms with Crippen molar-refractivity contribution >= 4 is 23.2 Å². The fraction of sp³-hybridized carbons (Fsp3) is 0.600. The zero-order valence-electron chi connectivity index (χ0n) is 15.9. The van der Waals surface area contributed by atoms with Gasteiger partial charge in [-0.2, -0.15) is 0 Å². The Morgan fingerprint density at radius 1 is 1.04 bits per heavy atom. The Morgan fingerprint density at radius 2 is 1.65 bits per heavy atom. The molecule has 0 aromatic heterocycles. The van der Waals surface area contributed by atoms with Crippen LogP contribution in [0.1, 0.15) is 32.6 Å². The molecule has 1 heterocycles. The van der Waals surface area contributed by atoms with Gasteiger partial charge in [-0.1, -0.05) is 6.92 Å². The van der Waals surface area contributed by atoms with E-state index in [-0.39, 0.29) is 18.4 Å². The van der Waals surface area contributed by atoms with E-state index >= 15 is 0 Å². The molecule has 0 spiro atoms. The minimum Gasteiger partial charge on any atom is -0.372 e. The standard InChI is InChI=1S/C20H30N4O2/c1-15-9-11-24(12-10-15)18-7-5-17(6-8-18)22-20(26)14-23(2)13-19(25)21-16-3-4-16/h5-8,15-16H,3-4,9-14H2,1-2H3,(H,21,25)(H,22,26)/p+1. The van der Waals surface area contributed by atoms with Gasteiger partial charge in [0, 0.05) is 30.5 Å². The number of hydrogen-bond acceptors (Lipinski definition) is 3. The van der Waals surface area contributed by atoms with E-state index in [0.29, 0.717) is 12.6 Å². The smallest absolute Gasteiger partial charge is 0.279 e. The van der Waals surface area contributed by atoms with Crippen LogP contribution in [0.4, 0.5) is 11.4 Å². The lowest BCUT2D eigenvalue weighted by Gasteiger charge is -2.32. The van der Waals surface area contributed by atoms with Crippen molar-refractivity contribution in [1.29, 1.82) is 0 Å². The Kier molecular flexibility index (Phi) is 6.14. The average molecular weight is 359 g/mol. The summed E-state index contributed by atoms with van der Waals surface area (Å²) in [5.41, 5.74) is 2.02. The van der Waals surface area contributed by atoms with E-state index in [4.69, 9.17) is 0 Å². The summed E-state index contributed by atoms with van der Waals surface area (Å²) in [6.07, 6.45) is 4.64. The van der Waals surface area contributed by atoms with Crippen molar-refractivity contribution in [3.63, 3.8) is 0 Å². The van der Waals surface area contributed by atoms with Gasteiger partial charge in [0.05, 0.1) is 7.05 Å². The summed E-state index contributed by atoms with van der Waals surface area (Å²) >= 11 is 0. The van der Waals surface area contributed by atoms with Crippen LogP contribution in [0.2, 0.25) is 0 Å². The van der Waals surface area contributed by atoms with E-state index in [9.17, 15) is 9.59 Å². The third kappa shape index (κ3) is 5.73. The van der Waals surface area contributed by atoms with Gasteiger partial charge in [0.15, 0.2) is 13.1 Å². The lowest BCUT2D eigenvalue weighted by Crippen LogP contribution is -3.11. The number of anilines is 2. The molecule has 26 heavy (non-hydrogen) atoms. The molecule has 3 rings (SSSR count). The summed E-state index contributed by atoms with van der Waals surface area (Å²) in [5.74, 6) is 0.773. The first-order valence-corrected chi connectivity index (χ1v) is 9.75. The lowest BCUT2D eigenvalue weighted by molar-refractivity contribution is -0.862. The molecule has 0 radical (unpaired) electrons. The maximum Gasteiger partial charge on any atom is 0.279 e. The second-order valence-electron chi connectivity index (χ2n) is 7.92. The van der Waals surface area contributed by atoms with Gasteiger partial charge in [0.2, 0.25) is 0 Å². The summed E-state index contributed by atoms with van der Waals surface area (Å²) in [6.45, 7) is 5.12. The fourth-order valence-corrected chi connectivity index (χ4v) is 3.34.